The van der Waals surface area contributed by atoms with Gasteiger partial charge < -0.3 is 30.0 Å². The Morgan fingerprint density at radius 1 is 0.923 bits per heavy atom. The quantitative estimate of drug-likeness (QED) is 0.422. The van der Waals surface area contributed by atoms with Gasteiger partial charge in [-0.1, -0.05) is 12.2 Å². The molecule has 2 unspecified atom stereocenters. The van der Waals surface area contributed by atoms with Crippen molar-refractivity contribution >= 4 is 39.2 Å². The van der Waals surface area contributed by atoms with Gasteiger partial charge in [0.15, 0.2) is 0 Å². The first-order chi connectivity index (χ1) is 4.46. The number of carboxylic acids is 2. The van der Waals surface area contributed by atoms with Crippen molar-refractivity contribution in [3.05, 3.63) is 0 Å². The molecule has 0 saturated carbocycles. The number of rotatable bonds is 3. The van der Waals surface area contributed by atoms with Crippen LogP contribution in [-0.2, 0) is 9.59 Å². The summed E-state index contributed by atoms with van der Waals surface area (Å²) in [6.45, 7) is 0. The fourth-order valence-electron chi connectivity index (χ4n) is 0.247. The summed E-state index contributed by atoms with van der Waals surface area (Å²) in [7, 11) is 0. The van der Waals surface area contributed by atoms with Crippen molar-refractivity contribution in [2.75, 3.05) is 0 Å². The third-order valence-electron chi connectivity index (χ3n) is 0.740. The first-order valence-corrected chi connectivity index (χ1v) is 2.20. The molecule has 0 saturated heterocycles. The van der Waals surface area contributed by atoms with E-state index in [1.54, 1.807) is 0 Å². The fourth-order valence-corrected chi connectivity index (χ4v) is 0.247. The largest absolute Gasteiger partial charge is 2.00 e. The molecule has 0 aromatic rings. The van der Waals surface area contributed by atoms with Crippen LogP contribution < -0.4 is 101 Å². The van der Waals surface area contributed by atoms with Crippen LogP contribution in [0.5, 0.6) is 0 Å². The van der Waals surface area contributed by atoms with Gasteiger partial charge in [-0.2, -0.15) is 0 Å². The van der Waals surface area contributed by atoms with E-state index in [0.29, 0.717) is 0 Å². The average molecular weight is 415 g/mol. The maximum absolute atomic E-state index is 9.97. The van der Waals surface area contributed by atoms with Gasteiger partial charge in [-0.05, 0) is 0 Å². The minimum absolute atomic E-state index is 0. The summed E-state index contributed by atoms with van der Waals surface area (Å²) in [5, 5.41) is 39.0. The summed E-state index contributed by atoms with van der Waals surface area (Å²) in [6, 6.07) is 0. The molecule has 13 heavy (non-hydrogen) atoms. The number of carbonyl (C=O) groups is 2. The number of carbonyl (C=O) groups excluding carboxylic acids is 2. The Labute approximate surface area is 159 Å². The van der Waals surface area contributed by atoms with Crippen LogP contribution in [0.1, 0.15) is 0 Å². The van der Waals surface area contributed by atoms with Crippen LogP contribution in [0.15, 0.2) is 0 Å². The van der Waals surface area contributed by atoms with Gasteiger partial charge in [0.2, 0.25) is 0 Å². The monoisotopic (exact) mass is 416 g/mol. The Bertz CT molecular complexity index is 149. The number of carboxylic acid groups (broad SMARTS) is 2. The predicted octanol–water partition coefficient (Wildman–Crippen LogP) is -12.4. The zero-order valence-corrected chi connectivity index (χ0v) is 16.1. The second-order valence-electron chi connectivity index (χ2n) is 1.48. The first-order valence-electron chi connectivity index (χ1n) is 2.20. The van der Waals surface area contributed by atoms with E-state index >= 15 is 0 Å². The molecule has 0 aliphatic rings. The van der Waals surface area contributed by atoms with Gasteiger partial charge in [0.1, 0.15) is 0 Å². The van der Waals surface area contributed by atoms with Crippen LogP contribution in [0.2, 0.25) is 0 Å². The normalized spacial score (nSPS) is 12.2. The molecule has 0 aliphatic heterocycles. The molecule has 60 valence electrons. The van der Waals surface area contributed by atoms with Gasteiger partial charge in [0.05, 0.1) is 0 Å². The van der Waals surface area contributed by atoms with Gasteiger partial charge in [-0.3, -0.25) is 0 Å². The van der Waals surface area contributed by atoms with E-state index in [2.05, 4.69) is 0 Å². The third kappa shape index (κ3) is 10.7. The molecule has 0 fully saturated rings. The van der Waals surface area contributed by atoms with Crippen molar-refractivity contribution in [3.63, 3.8) is 0 Å². The molecule has 0 amide bonds. The molecule has 0 N–H and O–H groups in total. The fraction of sp³-hybridized carbons (Fsp3) is 0.500. The molecule has 6 nitrogen and oxygen atoms in total. The molecule has 0 bridgehead atoms. The summed E-state index contributed by atoms with van der Waals surface area (Å²) in [4.78, 5) is 19.1. The van der Waals surface area contributed by atoms with E-state index in [4.69, 9.17) is 0 Å². The summed E-state index contributed by atoms with van der Waals surface area (Å²) in [5.74, 6) is -4.46. The van der Waals surface area contributed by atoms with Crippen molar-refractivity contribution in [2.45, 2.75) is 12.2 Å². The summed E-state index contributed by atoms with van der Waals surface area (Å²) in [5.41, 5.74) is 0. The molecule has 0 spiro atoms. The SMILES string of the molecule is O=C([O-])C([O-])C([O-])C(=O)[O-].[K+].[Na+].[Pb+2]. The van der Waals surface area contributed by atoms with Crippen LogP contribution >= 0.6 is 0 Å². The van der Waals surface area contributed by atoms with E-state index in [1.807, 2.05) is 0 Å². The molecule has 0 aromatic carbocycles. The van der Waals surface area contributed by atoms with Gasteiger partial charge in [0.25, 0.3) is 0 Å². The molecule has 9 heteroatoms. The Morgan fingerprint density at radius 3 is 1.15 bits per heavy atom. The molecular weight excluding hydrogens is 413 g/mol. The van der Waals surface area contributed by atoms with Crippen molar-refractivity contribution < 1.29 is 111 Å². The molecule has 2 radical (unpaired) electrons. The maximum Gasteiger partial charge on any atom is 2.00 e. The smallest absolute Gasteiger partial charge is 0.848 e. The topological polar surface area (TPSA) is 126 Å². The van der Waals surface area contributed by atoms with Gasteiger partial charge >= 0.3 is 108 Å². The summed E-state index contributed by atoms with van der Waals surface area (Å²) in [6.07, 6.45) is -5.60. The Balaban J connectivity index is -0.000000135. The minimum atomic E-state index is -2.80. The third-order valence-corrected chi connectivity index (χ3v) is 0.740. The standard InChI is InChI=1S/C4H4O6.K.Na.Pb/c5-1(3(7)8)2(6)4(9)10;;;/h1-2H,(H,7,8)(H,9,10);;;/q-2;2*+1;+2/p-2. The number of aliphatic carboxylic acids is 2. The van der Waals surface area contributed by atoms with E-state index in [1.165, 1.54) is 0 Å². The molecule has 0 rings (SSSR count). The summed E-state index contributed by atoms with van der Waals surface area (Å²) >= 11 is 0. The molecule has 2 atom stereocenters. The van der Waals surface area contributed by atoms with Crippen molar-refractivity contribution in [1.82, 2.24) is 0 Å². The van der Waals surface area contributed by atoms with Crippen LogP contribution in [-0.4, -0.2) is 51.4 Å². The Hall–Kier alpha value is 2.42. The predicted molar refractivity (Wildman–Crippen MR) is 23.3 cm³/mol. The van der Waals surface area contributed by atoms with Gasteiger partial charge in [0, 0.05) is 11.9 Å². The second kappa shape index (κ2) is 12.5. The Kier molecular flexibility index (Phi) is 23.6. The van der Waals surface area contributed by atoms with Crippen LogP contribution in [0.25, 0.3) is 0 Å². The molecule has 0 aliphatic carbocycles. The zero-order chi connectivity index (χ0) is 8.31. The maximum atomic E-state index is 9.97. The van der Waals surface area contributed by atoms with Crippen LogP contribution in [0.3, 0.4) is 0 Å². The van der Waals surface area contributed by atoms with Gasteiger partial charge in [-0.15, -0.1) is 0 Å². The van der Waals surface area contributed by atoms with E-state index in [0.717, 1.165) is 0 Å². The number of hydrogen-bond donors (Lipinski definition) is 0. The molecular formula is C4H2KNaO6Pb. The van der Waals surface area contributed by atoms with Crippen molar-refractivity contribution in [1.29, 1.82) is 0 Å². The van der Waals surface area contributed by atoms with Crippen LogP contribution in [0.4, 0.5) is 0 Å². The van der Waals surface area contributed by atoms with E-state index < -0.39 is 24.1 Å². The van der Waals surface area contributed by atoms with E-state index in [-0.39, 0.29) is 108 Å². The van der Waals surface area contributed by atoms with Crippen molar-refractivity contribution in [3.8, 4) is 0 Å². The minimum Gasteiger partial charge on any atom is -0.848 e. The Morgan fingerprint density at radius 2 is 1.08 bits per heavy atom. The summed E-state index contributed by atoms with van der Waals surface area (Å²) < 4.78 is 0. The van der Waals surface area contributed by atoms with Gasteiger partial charge in [-0.25, -0.2) is 0 Å². The van der Waals surface area contributed by atoms with E-state index in [9.17, 15) is 30.0 Å². The first kappa shape index (κ1) is 24.6. The zero-order valence-electron chi connectivity index (χ0n) is 7.10. The average Bonchev–Trinajstić information content (AvgIpc) is 1.84. The molecule has 0 heterocycles. The number of hydrogen-bond acceptors (Lipinski definition) is 6. The molecule has 0 aromatic heterocycles. The van der Waals surface area contributed by atoms with Crippen LogP contribution in [0, 0.1) is 0 Å². The van der Waals surface area contributed by atoms with Crippen molar-refractivity contribution in [2.24, 2.45) is 0 Å². The second-order valence-corrected chi connectivity index (χ2v) is 1.48.